The number of ether oxygens (including phenoxy) is 1. The number of anilines is 1. The van der Waals surface area contributed by atoms with Gasteiger partial charge >= 0.3 is 5.97 Å². The highest BCUT2D eigenvalue weighted by Crippen LogP contribution is 2.23. The first kappa shape index (κ1) is 24.4. The van der Waals surface area contributed by atoms with E-state index in [-0.39, 0.29) is 11.9 Å². The van der Waals surface area contributed by atoms with Crippen molar-refractivity contribution in [1.29, 1.82) is 0 Å². The third-order valence-electron chi connectivity index (χ3n) is 6.26. The summed E-state index contributed by atoms with van der Waals surface area (Å²) in [6.07, 6.45) is 2.01. The lowest BCUT2D eigenvalue weighted by atomic mass is 10.0. The van der Waals surface area contributed by atoms with Crippen molar-refractivity contribution in [2.75, 3.05) is 32.0 Å². The second-order valence-corrected chi connectivity index (χ2v) is 8.90. The summed E-state index contributed by atoms with van der Waals surface area (Å²) in [7, 11) is 2.02. The minimum Gasteiger partial charge on any atom is -0.478 e. The highest BCUT2D eigenvalue weighted by atomic mass is 16.5. The maximum absolute atomic E-state index is 12.7. The number of amides is 1. The summed E-state index contributed by atoms with van der Waals surface area (Å²) in [5, 5.41) is 12.4. The van der Waals surface area contributed by atoms with Gasteiger partial charge < -0.3 is 15.2 Å². The molecule has 35 heavy (non-hydrogen) atoms. The van der Waals surface area contributed by atoms with Crippen LogP contribution in [0, 0.1) is 0 Å². The molecule has 182 valence electrons. The van der Waals surface area contributed by atoms with Gasteiger partial charge in [0.1, 0.15) is 11.5 Å². The van der Waals surface area contributed by atoms with E-state index in [2.05, 4.69) is 15.1 Å². The van der Waals surface area contributed by atoms with Gasteiger partial charge in [0, 0.05) is 24.8 Å². The molecule has 1 aliphatic rings. The van der Waals surface area contributed by atoms with Crippen LogP contribution in [0.25, 0.3) is 0 Å². The quantitative estimate of drug-likeness (QED) is 0.468. The minimum atomic E-state index is -0.907. The Bertz CT molecular complexity index is 1130. The molecule has 7 nitrogen and oxygen atoms in total. The van der Waals surface area contributed by atoms with Gasteiger partial charge in [-0.05, 0) is 74.5 Å². The summed E-state index contributed by atoms with van der Waals surface area (Å²) < 4.78 is 5.80. The molecule has 0 aliphatic carbocycles. The number of likely N-dealkylation sites (N-methyl/N-ethyl adjacent to an activating group) is 1. The van der Waals surface area contributed by atoms with Crippen molar-refractivity contribution in [2.24, 2.45) is 0 Å². The molecule has 1 amide bonds. The SMILES string of the molecule is CN(Cc1ccccc1C(=O)O)[C@H]1CCCN(CC(=O)Nc2ccc(Oc3ccccc3)cc2)C1. The summed E-state index contributed by atoms with van der Waals surface area (Å²) in [6, 6.07) is 24.3. The smallest absolute Gasteiger partial charge is 0.336 e. The highest BCUT2D eigenvalue weighted by molar-refractivity contribution is 5.92. The molecule has 0 radical (unpaired) electrons. The fourth-order valence-corrected chi connectivity index (χ4v) is 4.43. The third kappa shape index (κ3) is 6.91. The predicted molar refractivity (Wildman–Crippen MR) is 136 cm³/mol. The van der Waals surface area contributed by atoms with Gasteiger partial charge in [0.05, 0.1) is 12.1 Å². The lowest BCUT2D eigenvalue weighted by Crippen LogP contribution is -2.48. The summed E-state index contributed by atoms with van der Waals surface area (Å²) in [4.78, 5) is 28.6. The van der Waals surface area contributed by atoms with Crippen molar-refractivity contribution < 1.29 is 19.4 Å². The number of rotatable bonds is 9. The molecule has 0 bridgehead atoms. The van der Waals surface area contributed by atoms with Crippen LogP contribution < -0.4 is 10.1 Å². The molecule has 1 heterocycles. The van der Waals surface area contributed by atoms with Gasteiger partial charge in [-0.3, -0.25) is 14.6 Å². The Kier molecular flexibility index (Phi) is 8.13. The molecule has 1 saturated heterocycles. The molecule has 7 heteroatoms. The van der Waals surface area contributed by atoms with Gasteiger partial charge in [-0.25, -0.2) is 4.79 Å². The third-order valence-corrected chi connectivity index (χ3v) is 6.26. The van der Waals surface area contributed by atoms with Gasteiger partial charge in [0.25, 0.3) is 0 Å². The van der Waals surface area contributed by atoms with Crippen molar-refractivity contribution in [3.8, 4) is 11.5 Å². The number of aromatic carboxylic acids is 1. The van der Waals surface area contributed by atoms with E-state index >= 15 is 0 Å². The molecule has 2 N–H and O–H groups in total. The Morgan fingerprint density at radius 3 is 2.43 bits per heavy atom. The summed E-state index contributed by atoms with van der Waals surface area (Å²) in [6.45, 7) is 2.51. The van der Waals surface area contributed by atoms with Crippen LogP contribution in [0.2, 0.25) is 0 Å². The first-order valence-electron chi connectivity index (χ1n) is 11.8. The summed E-state index contributed by atoms with van der Waals surface area (Å²) >= 11 is 0. The number of likely N-dealkylation sites (tertiary alicyclic amines) is 1. The van der Waals surface area contributed by atoms with Crippen LogP contribution in [0.3, 0.4) is 0 Å². The molecular formula is C28H31N3O4. The zero-order chi connectivity index (χ0) is 24.6. The number of nitrogens with one attached hydrogen (secondary N) is 1. The number of benzene rings is 3. The van der Waals surface area contributed by atoms with Crippen LogP contribution in [0.1, 0.15) is 28.8 Å². The number of nitrogens with zero attached hydrogens (tertiary/aromatic N) is 2. The number of para-hydroxylation sites is 1. The predicted octanol–water partition coefficient (Wildman–Crippen LogP) is 4.71. The fourth-order valence-electron chi connectivity index (χ4n) is 4.43. The van der Waals surface area contributed by atoms with Crippen LogP contribution in [0.4, 0.5) is 5.69 Å². The van der Waals surface area contributed by atoms with Gasteiger partial charge in [-0.1, -0.05) is 36.4 Å². The van der Waals surface area contributed by atoms with E-state index < -0.39 is 5.97 Å². The van der Waals surface area contributed by atoms with Crippen LogP contribution in [-0.2, 0) is 11.3 Å². The van der Waals surface area contributed by atoms with Gasteiger partial charge in [-0.2, -0.15) is 0 Å². The number of hydrogen-bond acceptors (Lipinski definition) is 5. The number of carboxylic acid groups (broad SMARTS) is 1. The van der Waals surface area contributed by atoms with Crippen molar-refractivity contribution >= 4 is 17.6 Å². The fraction of sp³-hybridized carbons (Fsp3) is 0.286. The van der Waals surface area contributed by atoms with Crippen LogP contribution in [0.5, 0.6) is 11.5 Å². The van der Waals surface area contributed by atoms with Crippen LogP contribution in [-0.4, -0.2) is 59.5 Å². The molecule has 4 rings (SSSR count). The van der Waals surface area contributed by atoms with Crippen molar-refractivity contribution in [2.45, 2.75) is 25.4 Å². The molecule has 0 spiro atoms. The number of piperidine rings is 1. The number of hydrogen-bond donors (Lipinski definition) is 2. The first-order valence-corrected chi connectivity index (χ1v) is 11.8. The largest absolute Gasteiger partial charge is 0.478 e. The Hall–Kier alpha value is -3.68. The van der Waals surface area contributed by atoms with Gasteiger partial charge in [-0.15, -0.1) is 0 Å². The number of carbonyl (C=O) groups is 2. The second kappa shape index (κ2) is 11.6. The summed E-state index contributed by atoms with van der Waals surface area (Å²) in [5.74, 6) is 0.512. The van der Waals surface area contributed by atoms with E-state index in [9.17, 15) is 14.7 Å². The molecule has 0 aromatic heterocycles. The Morgan fingerprint density at radius 1 is 1.00 bits per heavy atom. The lowest BCUT2D eigenvalue weighted by molar-refractivity contribution is -0.117. The zero-order valence-electron chi connectivity index (χ0n) is 19.9. The Labute approximate surface area is 205 Å². The average molecular weight is 474 g/mol. The maximum atomic E-state index is 12.7. The lowest BCUT2D eigenvalue weighted by Gasteiger charge is -2.37. The normalized spacial score (nSPS) is 16.1. The Morgan fingerprint density at radius 2 is 1.69 bits per heavy atom. The van der Waals surface area contributed by atoms with Crippen LogP contribution >= 0.6 is 0 Å². The molecule has 1 atom stereocenters. The number of carboxylic acids is 1. The number of carbonyl (C=O) groups excluding carboxylic acids is 1. The highest BCUT2D eigenvalue weighted by Gasteiger charge is 2.25. The van der Waals surface area contributed by atoms with E-state index in [4.69, 9.17) is 4.74 Å². The molecule has 0 unspecified atom stereocenters. The van der Waals surface area contributed by atoms with Gasteiger partial charge in [0.15, 0.2) is 0 Å². The Balaban J connectivity index is 1.28. The zero-order valence-corrected chi connectivity index (χ0v) is 19.9. The van der Waals surface area contributed by atoms with E-state index in [0.717, 1.165) is 42.9 Å². The molecule has 1 fully saturated rings. The molecule has 3 aromatic carbocycles. The van der Waals surface area contributed by atoms with Crippen molar-refractivity contribution in [3.05, 3.63) is 90.0 Å². The van der Waals surface area contributed by atoms with Gasteiger partial charge in [0.2, 0.25) is 5.91 Å². The summed E-state index contributed by atoms with van der Waals surface area (Å²) in [5.41, 5.74) is 1.87. The van der Waals surface area contributed by atoms with E-state index in [1.807, 2.05) is 73.8 Å². The first-order chi connectivity index (χ1) is 17.0. The maximum Gasteiger partial charge on any atom is 0.336 e. The van der Waals surface area contributed by atoms with Crippen molar-refractivity contribution in [1.82, 2.24) is 9.80 Å². The molecule has 0 saturated carbocycles. The van der Waals surface area contributed by atoms with E-state index in [1.165, 1.54) is 0 Å². The monoisotopic (exact) mass is 473 g/mol. The molecule has 3 aromatic rings. The van der Waals surface area contributed by atoms with E-state index in [0.29, 0.717) is 24.4 Å². The minimum absolute atomic E-state index is 0.0544. The van der Waals surface area contributed by atoms with Crippen molar-refractivity contribution in [3.63, 3.8) is 0 Å². The topological polar surface area (TPSA) is 82.1 Å². The standard InChI is InChI=1S/C28H31N3O4/c1-30(18-21-8-5-6-12-26(21)28(33)34)23-9-7-17-31(19-23)20-27(32)29-22-13-15-25(16-14-22)35-24-10-3-2-4-11-24/h2-6,8,10-16,23H,7,9,17-20H2,1H3,(H,29,32)(H,33,34)/t23-/m0/s1. The van der Waals surface area contributed by atoms with E-state index in [1.54, 1.807) is 12.1 Å². The van der Waals surface area contributed by atoms with Crippen LogP contribution in [0.15, 0.2) is 78.9 Å². The molecule has 1 aliphatic heterocycles. The second-order valence-electron chi connectivity index (χ2n) is 8.90. The molecular weight excluding hydrogens is 442 g/mol. The average Bonchev–Trinajstić information content (AvgIpc) is 2.86.